The number of thiophene rings is 1. The lowest BCUT2D eigenvalue weighted by Crippen LogP contribution is -2.32. The molecule has 7 heteroatoms. The maximum absolute atomic E-state index is 12.3. The number of anilines is 1. The number of hydrogen-bond donors (Lipinski definition) is 1. The van der Waals surface area contributed by atoms with E-state index < -0.39 is 5.97 Å². The van der Waals surface area contributed by atoms with Crippen molar-refractivity contribution < 1.29 is 18.7 Å². The minimum absolute atomic E-state index is 0.291. The molecule has 0 aliphatic carbocycles. The average molecular weight is 372 g/mol. The van der Waals surface area contributed by atoms with Crippen LogP contribution in [0.2, 0.25) is 0 Å². The van der Waals surface area contributed by atoms with Crippen molar-refractivity contribution in [3.8, 4) is 11.3 Å². The van der Waals surface area contributed by atoms with E-state index in [1.165, 1.54) is 11.3 Å². The molecule has 0 atom stereocenters. The Morgan fingerprint density at radius 2 is 2.27 bits per heavy atom. The maximum atomic E-state index is 12.3. The summed E-state index contributed by atoms with van der Waals surface area (Å²) in [5, 5.41) is 0.732. The lowest BCUT2D eigenvalue weighted by atomic mass is 9.91. The van der Waals surface area contributed by atoms with Crippen LogP contribution in [0.1, 0.15) is 41.7 Å². The number of hydrogen-bond acceptors (Lipinski definition) is 7. The Morgan fingerprint density at radius 3 is 2.96 bits per heavy atom. The summed E-state index contributed by atoms with van der Waals surface area (Å²) in [6.45, 7) is 6.57. The van der Waals surface area contributed by atoms with Gasteiger partial charge in [0.15, 0.2) is 0 Å². The summed E-state index contributed by atoms with van der Waals surface area (Å²) in [5.41, 5.74) is 9.22. The maximum Gasteiger partial charge on any atom is 0.350 e. The largest absolute Gasteiger partial charge is 0.464 e. The Morgan fingerprint density at radius 1 is 1.46 bits per heavy atom. The van der Waals surface area contributed by atoms with Gasteiger partial charge in [-0.2, -0.15) is 0 Å². The van der Waals surface area contributed by atoms with Crippen LogP contribution < -0.4 is 5.73 Å². The molecule has 0 saturated carbocycles. The average Bonchev–Trinajstić information content (AvgIpc) is 3.21. The van der Waals surface area contributed by atoms with Gasteiger partial charge in [-0.05, 0) is 32.9 Å². The number of nitrogens with zero attached hydrogens (tertiary/aromatic N) is 1. The van der Waals surface area contributed by atoms with E-state index in [0.717, 1.165) is 22.2 Å². The van der Waals surface area contributed by atoms with Gasteiger partial charge in [0.2, 0.25) is 0 Å². The van der Waals surface area contributed by atoms with Crippen molar-refractivity contribution in [3.63, 3.8) is 0 Å². The Balaban J connectivity index is 2.02. The number of furan rings is 1. The van der Waals surface area contributed by atoms with Crippen LogP contribution in [0.5, 0.6) is 0 Å². The molecule has 0 fully saturated rings. The van der Waals surface area contributed by atoms with E-state index in [9.17, 15) is 4.79 Å². The molecule has 4 rings (SSSR count). The van der Waals surface area contributed by atoms with Gasteiger partial charge in [-0.3, -0.25) is 0 Å². The van der Waals surface area contributed by atoms with Crippen LogP contribution in [-0.2, 0) is 22.5 Å². The second kappa shape index (κ2) is 6.10. The number of ether oxygens (including phenoxy) is 2. The zero-order valence-corrected chi connectivity index (χ0v) is 15.7. The fourth-order valence-corrected chi connectivity index (χ4v) is 4.32. The highest BCUT2D eigenvalue weighted by Gasteiger charge is 2.33. The van der Waals surface area contributed by atoms with Gasteiger partial charge in [-0.1, -0.05) is 0 Å². The van der Waals surface area contributed by atoms with Crippen LogP contribution in [0, 0.1) is 0 Å². The third-order valence-corrected chi connectivity index (χ3v) is 5.57. The summed E-state index contributed by atoms with van der Waals surface area (Å²) in [6.07, 6.45) is 2.30. The fourth-order valence-electron chi connectivity index (χ4n) is 3.30. The van der Waals surface area contributed by atoms with Crippen molar-refractivity contribution in [2.75, 3.05) is 12.3 Å². The number of carbonyl (C=O) groups excluding carboxylic acids is 1. The van der Waals surface area contributed by atoms with Gasteiger partial charge in [-0.15, -0.1) is 11.3 Å². The number of pyridine rings is 1. The molecule has 3 aromatic heterocycles. The number of carbonyl (C=O) groups is 1. The summed E-state index contributed by atoms with van der Waals surface area (Å²) >= 11 is 1.26. The smallest absolute Gasteiger partial charge is 0.350 e. The zero-order valence-electron chi connectivity index (χ0n) is 14.9. The molecule has 0 spiro atoms. The number of esters is 1. The predicted molar refractivity (Wildman–Crippen MR) is 100 cm³/mol. The molecule has 0 unspecified atom stereocenters. The number of nitrogens with two attached hydrogens (primary N) is 1. The van der Waals surface area contributed by atoms with Gasteiger partial charge in [0.05, 0.1) is 36.5 Å². The first-order valence-corrected chi connectivity index (χ1v) is 9.31. The third-order valence-electron chi connectivity index (χ3n) is 4.49. The molecule has 136 valence electrons. The number of aromatic nitrogens is 1. The summed E-state index contributed by atoms with van der Waals surface area (Å²) in [6, 6.07) is 3.71. The Bertz CT molecular complexity index is 989. The number of nitrogen functional groups attached to an aromatic ring is 1. The molecule has 0 saturated heterocycles. The summed E-state index contributed by atoms with van der Waals surface area (Å²) < 4.78 is 16.8. The van der Waals surface area contributed by atoms with E-state index in [-0.39, 0.29) is 5.60 Å². The first kappa shape index (κ1) is 17.1. The van der Waals surface area contributed by atoms with Gasteiger partial charge >= 0.3 is 5.97 Å². The molecular weight excluding hydrogens is 352 g/mol. The molecule has 1 aliphatic rings. The Kier molecular flexibility index (Phi) is 4.00. The quantitative estimate of drug-likeness (QED) is 0.695. The van der Waals surface area contributed by atoms with Crippen molar-refractivity contribution in [1.82, 2.24) is 4.98 Å². The second-order valence-electron chi connectivity index (χ2n) is 6.86. The molecule has 1 aliphatic heterocycles. The normalized spacial score (nSPS) is 15.8. The second-order valence-corrected chi connectivity index (χ2v) is 7.86. The first-order chi connectivity index (χ1) is 12.4. The lowest BCUT2D eigenvalue weighted by molar-refractivity contribution is -0.0409. The third kappa shape index (κ3) is 2.68. The van der Waals surface area contributed by atoms with E-state index in [4.69, 9.17) is 24.6 Å². The summed E-state index contributed by atoms with van der Waals surface area (Å²) in [5.74, 6) is 0.268. The fraction of sp³-hybridized carbons (Fsp3) is 0.368. The minimum atomic E-state index is -0.423. The topological polar surface area (TPSA) is 87.6 Å². The van der Waals surface area contributed by atoms with Crippen LogP contribution in [0.25, 0.3) is 21.5 Å². The summed E-state index contributed by atoms with van der Waals surface area (Å²) in [7, 11) is 0. The van der Waals surface area contributed by atoms with E-state index in [1.54, 1.807) is 13.2 Å². The van der Waals surface area contributed by atoms with Crippen LogP contribution in [0.15, 0.2) is 22.8 Å². The van der Waals surface area contributed by atoms with Crippen LogP contribution in [-0.4, -0.2) is 23.2 Å². The van der Waals surface area contributed by atoms with E-state index in [2.05, 4.69) is 0 Å². The van der Waals surface area contributed by atoms with Gasteiger partial charge in [0, 0.05) is 22.9 Å². The van der Waals surface area contributed by atoms with E-state index in [1.807, 2.05) is 26.0 Å². The molecule has 3 aromatic rings. The molecule has 26 heavy (non-hydrogen) atoms. The van der Waals surface area contributed by atoms with Gasteiger partial charge in [-0.25, -0.2) is 9.78 Å². The Labute approximate surface area is 154 Å². The highest BCUT2D eigenvalue weighted by atomic mass is 32.1. The van der Waals surface area contributed by atoms with Gasteiger partial charge in [0.1, 0.15) is 15.5 Å². The number of fused-ring (bicyclic) bond motifs is 2. The van der Waals surface area contributed by atoms with Crippen molar-refractivity contribution >= 4 is 33.2 Å². The van der Waals surface area contributed by atoms with E-state index >= 15 is 0 Å². The Hall–Kier alpha value is -2.38. The highest BCUT2D eigenvalue weighted by molar-refractivity contribution is 7.21. The van der Waals surface area contributed by atoms with Crippen molar-refractivity contribution in [2.45, 2.75) is 39.4 Å². The zero-order chi connectivity index (χ0) is 18.5. The first-order valence-electron chi connectivity index (χ1n) is 8.50. The highest BCUT2D eigenvalue weighted by Crippen LogP contribution is 2.44. The molecular formula is C19H20N2O4S. The van der Waals surface area contributed by atoms with E-state index in [0.29, 0.717) is 40.8 Å². The van der Waals surface area contributed by atoms with Crippen LogP contribution in [0.3, 0.4) is 0 Å². The lowest BCUT2D eigenvalue weighted by Gasteiger charge is -2.32. The van der Waals surface area contributed by atoms with Crippen LogP contribution >= 0.6 is 11.3 Å². The molecule has 0 aromatic carbocycles. The predicted octanol–water partition coefficient (Wildman–Crippen LogP) is 4.17. The molecule has 0 bridgehead atoms. The number of rotatable bonds is 3. The standard InChI is InChI=1S/C19H20N2O4S/c1-4-23-18(22)16-15(20)14-13(12-6-5-7-24-12)10-9-25-19(2,3)8-11(10)21-17(14)26-16/h5-7H,4,8-9,20H2,1-3H3. The van der Waals surface area contributed by atoms with Gasteiger partial charge in [0.25, 0.3) is 0 Å². The molecule has 0 amide bonds. The molecule has 0 radical (unpaired) electrons. The minimum Gasteiger partial charge on any atom is -0.464 e. The molecule has 4 heterocycles. The molecule has 6 nitrogen and oxygen atoms in total. The van der Waals surface area contributed by atoms with Gasteiger partial charge < -0.3 is 19.6 Å². The van der Waals surface area contributed by atoms with Crippen molar-refractivity contribution in [1.29, 1.82) is 0 Å². The monoisotopic (exact) mass is 372 g/mol. The summed E-state index contributed by atoms with van der Waals surface area (Å²) in [4.78, 5) is 18.2. The molecule has 2 N–H and O–H groups in total. The van der Waals surface area contributed by atoms with Crippen molar-refractivity contribution in [2.24, 2.45) is 0 Å². The van der Waals surface area contributed by atoms with Crippen molar-refractivity contribution in [3.05, 3.63) is 34.5 Å². The SMILES string of the molecule is CCOC(=O)c1sc2nc3c(c(-c4ccco4)c2c1N)COC(C)(C)C3. The van der Waals surface area contributed by atoms with Crippen LogP contribution in [0.4, 0.5) is 5.69 Å².